The number of nitrogens with one attached hydrogen (secondary N) is 1. The number of fused-ring (bicyclic) bond motifs is 1. The first-order valence-electron chi connectivity index (χ1n) is 10.2. The molecule has 7 heteroatoms. The molecule has 4 N–H and O–H groups in total. The molecule has 29 heavy (non-hydrogen) atoms. The molecule has 2 aromatic heterocycles. The minimum atomic E-state index is 0.0433. The molecule has 0 radical (unpaired) electrons. The molecule has 3 heterocycles. The van der Waals surface area contributed by atoms with Gasteiger partial charge in [0.05, 0.1) is 16.6 Å². The first-order valence-corrected chi connectivity index (χ1v) is 10.2. The Labute approximate surface area is 167 Å². The van der Waals surface area contributed by atoms with Gasteiger partial charge in [-0.05, 0) is 67.9 Å². The lowest BCUT2D eigenvalue weighted by Crippen LogP contribution is -2.77. The maximum Gasteiger partial charge on any atom is 0.254 e. The lowest BCUT2D eigenvalue weighted by molar-refractivity contribution is -0.156. The van der Waals surface area contributed by atoms with Crippen molar-refractivity contribution in [1.29, 1.82) is 0 Å². The van der Waals surface area contributed by atoms with E-state index in [1.165, 1.54) is 0 Å². The summed E-state index contributed by atoms with van der Waals surface area (Å²) in [5.74, 6) is 1.92. The molecule has 0 spiro atoms. The zero-order valence-corrected chi connectivity index (χ0v) is 16.2. The Hall–Kier alpha value is -2.93. The molecule has 6 rings (SSSR count). The van der Waals surface area contributed by atoms with Gasteiger partial charge in [0.1, 0.15) is 5.75 Å². The fraction of sp³-hybridized carbons (Fsp3) is 0.409. The summed E-state index contributed by atoms with van der Waals surface area (Å²) in [6.45, 7) is 3.49. The summed E-state index contributed by atoms with van der Waals surface area (Å²) in [4.78, 5) is 20.3. The zero-order chi connectivity index (χ0) is 19.9. The molecule has 1 aromatic carbocycles. The van der Waals surface area contributed by atoms with Crippen LogP contribution in [0.25, 0.3) is 22.3 Å². The standard InChI is InChI=1S/C22H23N5O2/c1-11-18-16(21(29)27-9-13-7-22(23)8-14(10-27)19(13)22)6-17(24-20(18)26-25-11)12-2-4-15(28)5-3-12/h2-6,13-14,19,28H,7-10,23H2,1H3,(H,24,25,26)/t13-,14+,19?,22?. The number of piperidine rings is 1. The van der Waals surface area contributed by atoms with Crippen molar-refractivity contribution in [3.8, 4) is 17.0 Å². The highest BCUT2D eigenvalue weighted by molar-refractivity contribution is 6.07. The summed E-state index contributed by atoms with van der Waals surface area (Å²) in [6, 6.07) is 8.70. The Morgan fingerprint density at radius 1 is 1.24 bits per heavy atom. The molecule has 2 saturated carbocycles. The first kappa shape index (κ1) is 17.0. The number of aromatic hydroxyl groups is 1. The zero-order valence-electron chi connectivity index (χ0n) is 16.2. The number of amides is 1. The van der Waals surface area contributed by atoms with E-state index in [-0.39, 0.29) is 17.2 Å². The summed E-state index contributed by atoms with van der Waals surface area (Å²) in [5.41, 5.74) is 10.0. The number of aromatic amines is 1. The van der Waals surface area contributed by atoms with E-state index in [0.717, 1.165) is 42.6 Å². The van der Waals surface area contributed by atoms with Crippen LogP contribution in [0.15, 0.2) is 30.3 Å². The third-order valence-electron chi connectivity index (χ3n) is 7.26. The Balaban J connectivity index is 1.40. The van der Waals surface area contributed by atoms with Crippen LogP contribution in [-0.4, -0.2) is 49.7 Å². The van der Waals surface area contributed by atoms with Crippen LogP contribution in [0, 0.1) is 24.7 Å². The molecule has 2 unspecified atom stereocenters. The number of hydrogen-bond acceptors (Lipinski definition) is 5. The normalized spacial score (nSPS) is 29.9. The van der Waals surface area contributed by atoms with Crippen molar-refractivity contribution in [2.24, 2.45) is 23.5 Å². The second kappa shape index (κ2) is 5.57. The predicted molar refractivity (Wildman–Crippen MR) is 108 cm³/mol. The lowest BCUT2D eigenvalue weighted by atomic mass is 9.42. The number of hydrogen-bond donors (Lipinski definition) is 3. The molecule has 7 nitrogen and oxygen atoms in total. The van der Waals surface area contributed by atoms with Crippen molar-refractivity contribution >= 4 is 16.9 Å². The van der Waals surface area contributed by atoms with E-state index in [1.807, 2.05) is 17.9 Å². The van der Waals surface area contributed by atoms with Crippen LogP contribution in [0.4, 0.5) is 0 Å². The Morgan fingerprint density at radius 2 is 1.93 bits per heavy atom. The van der Waals surface area contributed by atoms with Crippen molar-refractivity contribution in [1.82, 2.24) is 20.1 Å². The van der Waals surface area contributed by atoms with Crippen molar-refractivity contribution in [2.45, 2.75) is 25.3 Å². The number of aryl methyl sites for hydroxylation is 1. The topological polar surface area (TPSA) is 108 Å². The molecule has 148 valence electrons. The van der Waals surface area contributed by atoms with E-state index in [2.05, 4.69) is 15.2 Å². The number of likely N-dealkylation sites (tertiary alicyclic amines) is 1. The van der Waals surface area contributed by atoms with E-state index in [1.54, 1.807) is 24.3 Å². The molecule has 0 bridgehead atoms. The summed E-state index contributed by atoms with van der Waals surface area (Å²) in [7, 11) is 0. The number of aromatic nitrogens is 3. The summed E-state index contributed by atoms with van der Waals surface area (Å²) in [6.07, 6.45) is 2.07. The Kier molecular flexibility index (Phi) is 3.26. The smallest absolute Gasteiger partial charge is 0.254 e. The predicted octanol–water partition coefficient (Wildman–Crippen LogP) is 2.45. The minimum Gasteiger partial charge on any atom is -0.508 e. The maximum absolute atomic E-state index is 13.6. The van der Waals surface area contributed by atoms with Gasteiger partial charge in [-0.2, -0.15) is 5.10 Å². The fourth-order valence-electron chi connectivity index (χ4n) is 6.05. The van der Waals surface area contributed by atoms with Crippen molar-refractivity contribution in [3.05, 3.63) is 41.6 Å². The number of rotatable bonds is 2. The van der Waals surface area contributed by atoms with Crippen LogP contribution < -0.4 is 5.73 Å². The molecule has 3 aliphatic rings. The molecular formula is C22H23N5O2. The number of nitrogens with two attached hydrogens (primary N) is 1. The first-order chi connectivity index (χ1) is 13.9. The van der Waals surface area contributed by atoms with Crippen LogP contribution >= 0.6 is 0 Å². The second-order valence-electron chi connectivity index (χ2n) is 9.05. The number of carbonyl (C=O) groups is 1. The average Bonchev–Trinajstić information content (AvgIpc) is 3.06. The summed E-state index contributed by atoms with van der Waals surface area (Å²) >= 11 is 0. The third kappa shape index (κ3) is 2.31. The number of pyridine rings is 1. The molecule has 1 saturated heterocycles. The highest BCUT2D eigenvalue weighted by Crippen LogP contribution is 2.61. The van der Waals surface area contributed by atoms with E-state index < -0.39 is 0 Å². The summed E-state index contributed by atoms with van der Waals surface area (Å²) < 4.78 is 0. The van der Waals surface area contributed by atoms with Crippen LogP contribution in [0.5, 0.6) is 5.75 Å². The molecule has 2 aliphatic carbocycles. The number of phenolic OH excluding ortho intramolecular Hbond substituents is 1. The molecule has 1 aliphatic heterocycles. The highest BCUT2D eigenvalue weighted by atomic mass is 16.3. The third-order valence-corrected chi connectivity index (χ3v) is 7.26. The number of carbonyl (C=O) groups excluding carboxylic acids is 1. The van der Waals surface area contributed by atoms with Gasteiger partial charge in [0, 0.05) is 29.9 Å². The van der Waals surface area contributed by atoms with E-state index >= 15 is 0 Å². The van der Waals surface area contributed by atoms with E-state index in [9.17, 15) is 9.90 Å². The van der Waals surface area contributed by atoms with Gasteiger partial charge in [0.15, 0.2) is 5.65 Å². The van der Waals surface area contributed by atoms with Crippen molar-refractivity contribution in [3.63, 3.8) is 0 Å². The van der Waals surface area contributed by atoms with Crippen LogP contribution in [0.2, 0.25) is 0 Å². The van der Waals surface area contributed by atoms with Gasteiger partial charge < -0.3 is 15.7 Å². The van der Waals surface area contributed by atoms with Gasteiger partial charge >= 0.3 is 0 Å². The largest absolute Gasteiger partial charge is 0.508 e. The lowest BCUT2D eigenvalue weighted by Gasteiger charge is -2.69. The molecular weight excluding hydrogens is 366 g/mol. The SMILES string of the molecule is Cc1[nH]nc2nc(-c3ccc(O)cc3)cc(C(=O)N3C[C@@H]4CC5(N)C[C@H](C3)C45)c12. The molecule has 3 aromatic rings. The molecule has 4 atom stereocenters. The quantitative estimate of drug-likeness (QED) is 0.624. The van der Waals surface area contributed by atoms with Gasteiger partial charge in [-0.3, -0.25) is 9.89 Å². The van der Waals surface area contributed by atoms with Gasteiger partial charge in [-0.1, -0.05) is 0 Å². The fourth-order valence-corrected chi connectivity index (χ4v) is 6.05. The van der Waals surface area contributed by atoms with Gasteiger partial charge in [0.25, 0.3) is 5.91 Å². The maximum atomic E-state index is 13.6. The van der Waals surface area contributed by atoms with Crippen LogP contribution in [-0.2, 0) is 0 Å². The van der Waals surface area contributed by atoms with Crippen molar-refractivity contribution < 1.29 is 9.90 Å². The number of H-pyrrole nitrogens is 1. The highest BCUT2D eigenvalue weighted by Gasteiger charge is 2.65. The van der Waals surface area contributed by atoms with Crippen molar-refractivity contribution in [2.75, 3.05) is 13.1 Å². The number of nitrogens with zero attached hydrogens (tertiary/aromatic N) is 3. The number of phenols is 1. The summed E-state index contributed by atoms with van der Waals surface area (Å²) in [5, 5.41) is 17.6. The average molecular weight is 389 g/mol. The second-order valence-corrected chi connectivity index (χ2v) is 9.05. The van der Waals surface area contributed by atoms with Gasteiger partial charge in [0.2, 0.25) is 0 Å². The Morgan fingerprint density at radius 3 is 2.59 bits per heavy atom. The molecule has 1 amide bonds. The number of benzene rings is 1. The van der Waals surface area contributed by atoms with E-state index in [4.69, 9.17) is 5.73 Å². The van der Waals surface area contributed by atoms with Gasteiger partial charge in [-0.25, -0.2) is 4.98 Å². The molecule has 3 fully saturated rings. The minimum absolute atomic E-state index is 0.0433. The van der Waals surface area contributed by atoms with Gasteiger partial charge in [-0.15, -0.1) is 0 Å². The van der Waals surface area contributed by atoms with E-state index in [0.29, 0.717) is 34.7 Å². The Bertz CT molecular complexity index is 1140. The van der Waals surface area contributed by atoms with Crippen LogP contribution in [0.3, 0.4) is 0 Å². The van der Waals surface area contributed by atoms with Crippen LogP contribution in [0.1, 0.15) is 28.9 Å². The monoisotopic (exact) mass is 389 g/mol.